The lowest BCUT2D eigenvalue weighted by atomic mass is 9.94. The molecule has 0 spiro atoms. The van der Waals surface area contributed by atoms with E-state index in [-0.39, 0.29) is 11.8 Å². The molecule has 1 aliphatic carbocycles. The summed E-state index contributed by atoms with van der Waals surface area (Å²) in [4.78, 5) is 13.2. The van der Waals surface area contributed by atoms with Crippen molar-refractivity contribution in [3.05, 3.63) is 29.3 Å². The summed E-state index contributed by atoms with van der Waals surface area (Å²) < 4.78 is 0. The minimum atomic E-state index is 0.145. The standard InChI is InChI=1S/C17H25ClN2OS/c1-12(11-19)10-17(21)20-14-4-8-16(9-5-14)22-15-6-2-13(18)3-7-15/h2-3,6-7,12,14,16H,4-5,8-11,19H2,1H3,(H,20,21). The number of nitrogens with two attached hydrogens (primary N) is 1. The van der Waals surface area contributed by atoms with Crippen molar-refractivity contribution >= 4 is 29.3 Å². The van der Waals surface area contributed by atoms with Gasteiger partial charge >= 0.3 is 0 Å². The zero-order valence-electron chi connectivity index (χ0n) is 13.1. The van der Waals surface area contributed by atoms with Crippen molar-refractivity contribution in [1.29, 1.82) is 0 Å². The van der Waals surface area contributed by atoms with Crippen molar-refractivity contribution in [1.82, 2.24) is 5.32 Å². The minimum absolute atomic E-state index is 0.145. The third-order valence-corrected chi connectivity index (χ3v) is 5.69. The second-order valence-corrected chi connectivity index (χ2v) is 7.97. The quantitative estimate of drug-likeness (QED) is 0.827. The Bertz CT molecular complexity index is 472. The topological polar surface area (TPSA) is 55.1 Å². The van der Waals surface area contributed by atoms with E-state index in [1.165, 1.54) is 4.90 Å². The number of rotatable bonds is 6. The Kier molecular flexibility index (Phi) is 7.06. The van der Waals surface area contributed by atoms with E-state index in [9.17, 15) is 4.79 Å². The molecule has 1 saturated carbocycles. The number of nitrogens with one attached hydrogen (secondary N) is 1. The molecule has 122 valence electrons. The second kappa shape index (κ2) is 8.80. The first kappa shape index (κ1) is 17.6. The molecule has 0 radical (unpaired) electrons. The molecule has 0 saturated heterocycles. The van der Waals surface area contributed by atoms with Gasteiger partial charge in [-0.2, -0.15) is 0 Å². The smallest absolute Gasteiger partial charge is 0.220 e. The van der Waals surface area contributed by atoms with Gasteiger partial charge in [0.2, 0.25) is 5.91 Å². The maximum Gasteiger partial charge on any atom is 0.220 e. The maximum absolute atomic E-state index is 11.9. The van der Waals surface area contributed by atoms with Gasteiger partial charge in [-0.3, -0.25) is 4.79 Å². The Morgan fingerprint density at radius 1 is 1.32 bits per heavy atom. The summed E-state index contributed by atoms with van der Waals surface area (Å²) in [7, 11) is 0. The molecule has 3 nitrogen and oxygen atoms in total. The number of amides is 1. The summed E-state index contributed by atoms with van der Waals surface area (Å²) >= 11 is 7.83. The molecule has 0 aliphatic heterocycles. The number of benzene rings is 1. The Morgan fingerprint density at radius 3 is 2.55 bits per heavy atom. The fourth-order valence-corrected chi connectivity index (χ4v) is 4.03. The highest BCUT2D eigenvalue weighted by Gasteiger charge is 2.23. The number of carbonyl (C=O) groups is 1. The van der Waals surface area contributed by atoms with Crippen LogP contribution in [0.4, 0.5) is 0 Å². The first-order valence-electron chi connectivity index (χ1n) is 7.98. The SMILES string of the molecule is CC(CN)CC(=O)NC1CCC(Sc2ccc(Cl)cc2)CC1. The lowest BCUT2D eigenvalue weighted by Crippen LogP contribution is -2.39. The van der Waals surface area contributed by atoms with Gasteiger partial charge in [-0.25, -0.2) is 0 Å². The van der Waals surface area contributed by atoms with Crippen LogP contribution >= 0.6 is 23.4 Å². The fraction of sp³-hybridized carbons (Fsp3) is 0.588. The van der Waals surface area contributed by atoms with Crippen molar-refractivity contribution < 1.29 is 4.79 Å². The average Bonchev–Trinajstić information content (AvgIpc) is 2.51. The van der Waals surface area contributed by atoms with E-state index in [0.717, 1.165) is 30.7 Å². The van der Waals surface area contributed by atoms with Crippen LogP contribution in [0, 0.1) is 5.92 Å². The zero-order chi connectivity index (χ0) is 15.9. The second-order valence-electron chi connectivity index (χ2n) is 6.16. The van der Waals surface area contributed by atoms with E-state index in [0.29, 0.717) is 24.3 Å². The van der Waals surface area contributed by atoms with Crippen molar-refractivity contribution in [2.24, 2.45) is 11.7 Å². The summed E-state index contributed by atoms with van der Waals surface area (Å²) in [5.41, 5.74) is 5.56. The molecule has 1 aromatic rings. The molecule has 1 amide bonds. The lowest BCUT2D eigenvalue weighted by molar-refractivity contribution is -0.122. The van der Waals surface area contributed by atoms with Crippen molar-refractivity contribution in [2.75, 3.05) is 6.54 Å². The first-order valence-corrected chi connectivity index (χ1v) is 9.24. The summed E-state index contributed by atoms with van der Waals surface area (Å²) in [6, 6.07) is 8.37. The molecule has 22 heavy (non-hydrogen) atoms. The molecular formula is C17H25ClN2OS. The lowest BCUT2D eigenvalue weighted by Gasteiger charge is -2.29. The Labute approximate surface area is 142 Å². The van der Waals surface area contributed by atoms with Crippen LogP contribution in [0.25, 0.3) is 0 Å². The van der Waals surface area contributed by atoms with E-state index >= 15 is 0 Å². The molecule has 1 unspecified atom stereocenters. The van der Waals surface area contributed by atoms with Crippen LogP contribution in [-0.2, 0) is 4.79 Å². The summed E-state index contributed by atoms with van der Waals surface area (Å²) in [6.45, 7) is 2.58. The number of hydrogen-bond acceptors (Lipinski definition) is 3. The number of carbonyl (C=O) groups excluding carboxylic acids is 1. The van der Waals surface area contributed by atoms with E-state index in [4.69, 9.17) is 17.3 Å². The minimum Gasteiger partial charge on any atom is -0.353 e. The molecule has 2 rings (SSSR count). The predicted molar refractivity (Wildman–Crippen MR) is 94.3 cm³/mol. The van der Waals surface area contributed by atoms with Crippen LogP contribution in [0.15, 0.2) is 29.2 Å². The van der Waals surface area contributed by atoms with Gasteiger partial charge in [0.1, 0.15) is 0 Å². The van der Waals surface area contributed by atoms with Crippen LogP contribution in [0.5, 0.6) is 0 Å². The molecule has 1 atom stereocenters. The average molecular weight is 341 g/mol. The van der Waals surface area contributed by atoms with Crippen LogP contribution in [0.1, 0.15) is 39.0 Å². The largest absolute Gasteiger partial charge is 0.353 e. The highest BCUT2D eigenvalue weighted by molar-refractivity contribution is 8.00. The highest BCUT2D eigenvalue weighted by Crippen LogP contribution is 2.34. The molecule has 5 heteroatoms. The molecule has 1 aromatic carbocycles. The van der Waals surface area contributed by atoms with Gasteiger partial charge in [-0.1, -0.05) is 18.5 Å². The van der Waals surface area contributed by atoms with Crippen LogP contribution < -0.4 is 11.1 Å². The number of halogens is 1. The zero-order valence-corrected chi connectivity index (χ0v) is 14.6. The van der Waals surface area contributed by atoms with Gasteiger partial charge < -0.3 is 11.1 Å². The number of hydrogen-bond donors (Lipinski definition) is 2. The summed E-state index contributed by atoms with van der Waals surface area (Å²) in [5, 5.41) is 4.57. The van der Waals surface area contributed by atoms with Crippen molar-refractivity contribution in [3.8, 4) is 0 Å². The first-order chi connectivity index (χ1) is 10.6. The van der Waals surface area contributed by atoms with E-state index in [2.05, 4.69) is 17.4 Å². The maximum atomic E-state index is 11.9. The van der Waals surface area contributed by atoms with E-state index in [1.54, 1.807) is 0 Å². The Morgan fingerprint density at radius 2 is 1.95 bits per heavy atom. The van der Waals surface area contributed by atoms with Gasteiger partial charge in [-0.05, 0) is 62.4 Å². The third kappa shape index (κ3) is 5.82. The number of thioether (sulfide) groups is 1. The monoisotopic (exact) mass is 340 g/mol. The normalized spacial score (nSPS) is 23.0. The van der Waals surface area contributed by atoms with E-state index in [1.807, 2.05) is 30.8 Å². The molecule has 0 bridgehead atoms. The molecular weight excluding hydrogens is 316 g/mol. The van der Waals surface area contributed by atoms with E-state index < -0.39 is 0 Å². The molecule has 0 aromatic heterocycles. The molecule has 1 fully saturated rings. The molecule has 1 aliphatic rings. The van der Waals surface area contributed by atoms with Crippen molar-refractivity contribution in [3.63, 3.8) is 0 Å². The molecule has 0 heterocycles. The van der Waals surface area contributed by atoms with Gasteiger partial charge in [0.15, 0.2) is 0 Å². The van der Waals surface area contributed by atoms with Crippen LogP contribution in [0.3, 0.4) is 0 Å². The highest BCUT2D eigenvalue weighted by atomic mass is 35.5. The van der Waals surface area contributed by atoms with Crippen LogP contribution in [-0.4, -0.2) is 23.7 Å². The fourth-order valence-electron chi connectivity index (χ4n) is 2.72. The van der Waals surface area contributed by atoms with Gasteiger partial charge in [0, 0.05) is 27.6 Å². The van der Waals surface area contributed by atoms with Gasteiger partial charge in [0.05, 0.1) is 0 Å². The molecule has 3 N–H and O–H groups in total. The van der Waals surface area contributed by atoms with Gasteiger partial charge in [-0.15, -0.1) is 11.8 Å². The van der Waals surface area contributed by atoms with Crippen LogP contribution in [0.2, 0.25) is 5.02 Å². The Balaban J connectivity index is 1.71. The summed E-state index contributed by atoms with van der Waals surface area (Å²) in [6.07, 6.45) is 4.95. The van der Waals surface area contributed by atoms with Gasteiger partial charge in [0.25, 0.3) is 0 Å². The summed E-state index contributed by atoms with van der Waals surface area (Å²) in [5.74, 6) is 0.406. The predicted octanol–water partition coefficient (Wildman–Crippen LogP) is 3.84. The van der Waals surface area contributed by atoms with Crippen molar-refractivity contribution in [2.45, 2.75) is 55.2 Å². The Hall–Kier alpha value is -0.710. The third-order valence-electron chi connectivity index (χ3n) is 4.09.